The van der Waals surface area contributed by atoms with Crippen LogP contribution in [0.25, 0.3) is 0 Å². The van der Waals surface area contributed by atoms with E-state index in [1.54, 1.807) is 10.7 Å². The number of anilines is 2. The van der Waals surface area contributed by atoms with Gasteiger partial charge in [0.25, 0.3) is 5.56 Å². The first kappa shape index (κ1) is 19.2. The third-order valence-electron chi connectivity index (χ3n) is 5.26. The van der Waals surface area contributed by atoms with Crippen molar-refractivity contribution in [2.45, 2.75) is 18.7 Å². The van der Waals surface area contributed by atoms with Gasteiger partial charge < -0.3 is 9.80 Å². The molecule has 0 bridgehead atoms. The monoisotopic (exact) mass is 401 g/mol. The highest BCUT2D eigenvalue weighted by Gasteiger charge is 2.19. The topological polar surface area (TPSA) is 70.4 Å². The van der Waals surface area contributed by atoms with Crippen molar-refractivity contribution >= 4 is 23.5 Å². The molecule has 8 nitrogen and oxygen atoms in total. The molecule has 2 aromatic rings. The van der Waals surface area contributed by atoms with Crippen molar-refractivity contribution in [1.29, 1.82) is 0 Å². The minimum Gasteiger partial charge on any atom is -0.354 e. The summed E-state index contributed by atoms with van der Waals surface area (Å²) in [7, 11) is 3.90. The second kappa shape index (κ2) is 8.48. The van der Waals surface area contributed by atoms with Crippen molar-refractivity contribution in [2.75, 3.05) is 62.4 Å². The van der Waals surface area contributed by atoms with Crippen LogP contribution in [0.5, 0.6) is 0 Å². The van der Waals surface area contributed by atoms with E-state index < -0.39 is 0 Å². The first-order valence-corrected chi connectivity index (χ1v) is 10.9. The number of nitrogens with zero attached hydrogens (tertiary/aromatic N) is 7. The van der Waals surface area contributed by atoms with Gasteiger partial charge in [-0.15, -0.1) is 0 Å². The van der Waals surface area contributed by atoms with Crippen LogP contribution >= 0.6 is 11.8 Å². The molecule has 0 amide bonds. The fourth-order valence-electron chi connectivity index (χ4n) is 3.58. The Morgan fingerprint density at radius 3 is 2.79 bits per heavy atom. The Kier molecular flexibility index (Phi) is 5.82. The van der Waals surface area contributed by atoms with E-state index in [1.807, 2.05) is 43.0 Å². The Morgan fingerprint density at radius 1 is 1.18 bits per heavy atom. The van der Waals surface area contributed by atoms with Gasteiger partial charge in [0.05, 0.1) is 12.2 Å². The fourth-order valence-corrected chi connectivity index (χ4v) is 4.53. The molecule has 4 heterocycles. The summed E-state index contributed by atoms with van der Waals surface area (Å²) < 4.78 is 1.65. The normalized spacial score (nSPS) is 17.4. The zero-order chi connectivity index (χ0) is 19.5. The average molecular weight is 402 g/mol. The molecule has 0 N–H and O–H groups in total. The number of aromatic nitrogens is 4. The molecule has 1 saturated heterocycles. The summed E-state index contributed by atoms with van der Waals surface area (Å²) >= 11 is 1.88. The minimum atomic E-state index is 0.0251. The van der Waals surface area contributed by atoms with Gasteiger partial charge >= 0.3 is 0 Å². The first-order valence-electron chi connectivity index (χ1n) is 9.75. The third kappa shape index (κ3) is 4.30. The SMILES string of the molecule is CN(C)c1nccc(N2CCN(CCn3nc4c(cc3=O)CSCC4)CC2)n1. The molecule has 4 rings (SSSR count). The van der Waals surface area contributed by atoms with E-state index >= 15 is 0 Å². The van der Waals surface area contributed by atoms with Gasteiger partial charge in [-0.25, -0.2) is 9.67 Å². The number of thioether (sulfide) groups is 1. The van der Waals surface area contributed by atoms with E-state index in [-0.39, 0.29) is 5.56 Å². The zero-order valence-electron chi connectivity index (χ0n) is 16.5. The molecule has 0 aromatic carbocycles. The lowest BCUT2D eigenvalue weighted by Crippen LogP contribution is -2.48. The smallest absolute Gasteiger partial charge is 0.267 e. The van der Waals surface area contributed by atoms with Crippen molar-refractivity contribution in [3.63, 3.8) is 0 Å². The maximum absolute atomic E-state index is 12.3. The van der Waals surface area contributed by atoms with Gasteiger partial charge in [-0.05, 0) is 17.4 Å². The number of hydrogen-bond acceptors (Lipinski definition) is 8. The molecule has 2 aliphatic rings. The van der Waals surface area contributed by atoms with E-state index in [2.05, 4.69) is 24.9 Å². The van der Waals surface area contributed by atoms with E-state index in [0.717, 1.165) is 73.7 Å². The predicted octanol–water partition coefficient (Wildman–Crippen LogP) is 0.711. The van der Waals surface area contributed by atoms with Gasteiger partial charge in [0.1, 0.15) is 5.82 Å². The van der Waals surface area contributed by atoms with Gasteiger partial charge in [-0.2, -0.15) is 21.8 Å². The highest BCUT2D eigenvalue weighted by molar-refractivity contribution is 7.98. The standard InChI is InChI=1S/C19H27N7OS/c1-23(2)19-20-5-3-17(21-19)25-9-6-24(7-10-25)8-11-26-18(27)13-15-14-28-12-4-16(15)22-26/h3,5,13H,4,6-12,14H2,1-2H3. The number of rotatable bonds is 5. The minimum absolute atomic E-state index is 0.0251. The molecular weight excluding hydrogens is 374 g/mol. The number of piperazine rings is 1. The highest BCUT2D eigenvalue weighted by Crippen LogP contribution is 2.21. The largest absolute Gasteiger partial charge is 0.354 e. The molecule has 28 heavy (non-hydrogen) atoms. The molecule has 0 aliphatic carbocycles. The van der Waals surface area contributed by atoms with Crippen molar-refractivity contribution in [3.05, 3.63) is 39.9 Å². The fraction of sp³-hybridized carbons (Fsp3) is 0.579. The maximum Gasteiger partial charge on any atom is 0.267 e. The molecule has 0 saturated carbocycles. The Hall–Kier alpha value is -2.13. The van der Waals surface area contributed by atoms with Crippen LogP contribution in [0.15, 0.2) is 23.1 Å². The van der Waals surface area contributed by atoms with Crippen molar-refractivity contribution in [1.82, 2.24) is 24.6 Å². The van der Waals surface area contributed by atoms with E-state index in [1.165, 1.54) is 0 Å². The maximum atomic E-state index is 12.3. The van der Waals surface area contributed by atoms with Gasteiger partial charge in [0.15, 0.2) is 0 Å². The van der Waals surface area contributed by atoms with Crippen LogP contribution in [0, 0.1) is 0 Å². The van der Waals surface area contributed by atoms with Crippen LogP contribution in [0.4, 0.5) is 11.8 Å². The summed E-state index contributed by atoms with van der Waals surface area (Å²) in [5.74, 6) is 3.72. The van der Waals surface area contributed by atoms with Crippen LogP contribution in [0.3, 0.4) is 0 Å². The van der Waals surface area contributed by atoms with Gasteiger partial charge in [0.2, 0.25) is 5.95 Å². The molecule has 2 aromatic heterocycles. The predicted molar refractivity (Wildman–Crippen MR) is 113 cm³/mol. The van der Waals surface area contributed by atoms with Crippen molar-refractivity contribution in [2.24, 2.45) is 0 Å². The van der Waals surface area contributed by atoms with Crippen LogP contribution in [-0.2, 0) is 18.7 Å². The lowest BCUT2D eigenvalue weighted by atomic mass is 10.2. The van der Waals surface area contributed by atoms with Gasteiger partial charge in [-0.3, -0.25) is 9.69 Å². The number of hydrogen-bond donors (Lipinski definition) is 0. The molecule has 0 spiro atoms. The molecule has 150 valence electrons. The van der Waals surface area contributed by atoms with Crippen LogP contribution in [0.2, 0.25) is 0 Å². The number of aryl methyl sites for hydroxylation is 1. The summed E-state index contributed by atoms with van der Waals surface area (Å²) in [5, 5.41) is 4.62. The molecule has 2 aliphatic heterocycles. The van der Waals surface area contributed by atoms with Gasteiger partial charge in [0, 0.05) is 71.3 Å². The van der Waals surface area contributed by atoms with E-state index in [4.69, 9.17) is 0 Å². The molecule has 0 unspecified atom stereocenters. The van der Waals surface area contributed by atoms with E-state index in [0.29, 0.717) is 6.54 Å². The molecule has 1 fully saturated rings. The summed E-state index contributed by atoms with van der Waals surface area (Å²) in [4.78, 5) is 27.9. The van der Waals surface area contributed by atoms with Crippen LogP contribution in [-0.4, -0.2) is 77.2 Å². The molecule has 0 atom stereocenters. The second-order valence-electron chi connectivity index (χ2n) is 7.42. The summed E-state index contributed by atoms with van der Waals surface area (Å²) in [6, 6.07) is 3.75. The Bertz CT molecular complexity index is 877. The van der Waals surface area contributed by atoms with Crippen molar-refractivity contribution < 1.29 is 0 Å². The molecule has 0 radical (unpaired) electrons. The Balaban J connectivity index is 1.33. The van der Waals surface area contributed by atoms with E-state index in [9.17, 15) is 4.79 Å². The summed E-state index contributed by atoms with van der Waals surface area (Å²) in [5.41, 5.74) is 2.24. The number of fused-ring (bicyclic) bond motifs is 1. The Morgan fingerprint density at radius 2 is 2.00 bits per heavy atom. The second-order valence-corrected chi connectivity index (χ2v) is 8.52. The summed E-state index contributed by atoms with van der Waals surface area (Å²) in [6.07, 6.45) is 2.78. The molecular formula is C19H27N7OS. The Labute approximate surface area is 169 Å². The van der Waals surface area contributed by atoms with Crippen LogP contribution < -0.4 is 15.4 Å². The lowest BCUT2D eigenvalue weighted by molar-refractivity contribution is 0.242. The molecule has 9 heteroatoms. The average Bonchev–Trinajstić information content (AvgIpc) is 2.72. The quantitative estimate of drug-likeness (QED) is 0.726. The summed E-state index contributed by atoms with van der Waals surface area (Å²) in [6.45, 7) is 5.26. The van der Waals surface area contributed by atoms with Gasteiger partial charge in [-0.1, -0.05) is 0 Å². The van der Waals surface area contributed by atoms with Crippen molar-refractivity contribution in [3.8, 4) is 0 Å². The first-order chi connectivity index (χ1) is 13.6. The lowest BCUT2D eigenvalue weighted by Gasteiger charge is -2.35. The van der Waals surface area contributed by atoms with Crippen LogP contribution in [0.1, 0.15) is 11.3 Å². The zero-order valence-corrected chi connectivity index (χ0v) is 17.4. The highest BCUT2D eigenvalue weighted by atomic mass is 32.2. The third-order valence-corrected chi connectivity index (χ3v) is 6.27.